The van der Waals surface area contributed by atoms with Gasteiger partial charge in [-0.25, -0.2) is 9.59 Å². The van der Waals surface area contributed by atoms with Crippen LogP contribution in [0, 0.1) is 6.92 Å². The topological polar surface area (TPSA) is 98.9 Å². The lowest BCUT2D eigenvalue weighted by molar-refractivity contribution is 0.168. The molecule has 2 aromatic rings. The maximum absolute atomic E-state index is 12.8. The summed E-state index contributed by atoms with van der Waals surface area (Å²) < 4.78 is 5.52. The van der Waals surface area contributed by atoms with Crippen LogP contribution in [0.15, 0.2) is 21.3 Å². The molecule has 1 amide bonds. The monoisotopic (exact) mass is 414 g/mol. The summed E-state index contributed by atoms with van der Waals surface area (Å²) in [5.41, 5.74) is 0.355. The number of carbonyl (C=O) groups is 1. The van der Waals surface area contributed by atoms with E-state index in [1.165, 1.54) is 17.7 Å². The fraction of sp³-hybridized carbons (Fsp3) is 0.591. The molecule has 2 aliphatic rings. The molecule has 162 valence electrons. The Balaban J connectivity index is 1.67. The summed E-state index contributed by atoms with van der Waals surface area (Å²) in [7, 11) is 2.19. The van der Waals surface area contributed by atoms with Crippen LogP contribution in [0.4, 0.5) is 16.5 Å². The highest BCUT2D eigenvalue weighted by atomic mass is 16.4. The molecule has 3 heterocycles. The van der Waals surface area contributed by atoms with Crippen LogP contribution in [-0.4, -0.2) is 51.8 Å². The molecule has 0 radical (unpaired) electrons. The first-order valence-electron chi connectivity index (χ1n) is 10.5. The number of aromatic nitrogens is 1. The van der Waals surface area contributed by atoms with Crippen molar-refractivity contribution < 1.29 is 14.3 Å². The predicted molar refractivity (Wildman–Crippen MR) is 116 cm³/mol. The number of piperidine rings is 1. The molecule has 0 saturated carbocycles. The smallest absolute Gasteiger partial charge is 0.412 e. The van der Waals surface area contributed by atoms with E-state index in [4.69, 9.17) is 4.42 Å². The van der Waals surface area contributed by atoms with E-state index in [2.05, 4.69) is 22.2 Å². The Morgan fingerprint density at radius 1 is 1.27 bits per heavy atom. The van der Waals surface area contributed by atoms with E-state index in [0.29, 0.717) is 34.2 Å². The van der Waals surface area contributed by atoms with Crippen LogP contribution in [0.1, 0.15) is 52.0 Å². The van der Waals surface area contributed by atoms with Crippen LogP contribution in [0.5, 0.6) is 0 Å². The van der Waals surface area contributed by atoms with Crippen molar-refractivity contribution in [3.05, 3.63) is 28.1 Å². The highest BCUT2D eigenvalue weighted by Crippen LogP contribution is 2.35. The molecule has 0 aliphatic carbocycles. The summed E-state index contributed by atoms with van der Waals surface area (Å²) >= 11 is 0. The molecular weight excluding hydrogens is 384 g/mol. The van der Waals surface area contributed by atoms with Crippen LogP contribution in [-0.2, 0) is 0 Å². The van der Waals surface area contributed by atoms with Crippen molar-refractivity contribution in [2.24, 2.45) is 0 Å². The van der Waals surface area contributed by atoms with Crippen molar-refractivity contribution in [3.8, 4) is 0 Å². The third kappa shape index (κ3) is 3.53. The summed E-state index contributed by atoms with van der Waals surface area (Å²) in [6.07, 6.45) is 3.37. The van der Waals surface area contributed by atoms with Gasteiger partial charge in [-0.3, -0.25) is 4.90 Å². The van der Waals surface area contributed by atoms with Crippen LogP contribution in [0.25, 0.3) is 10.9 Å². The molecule has 2 fully saturated rings. The number of rotatable bonds is 3. The molecule has 2 aliphatic heterocycles. The quantitative estimate of drug-likeness (QED) is 0.788. The number of anilines is 2. The molecular formula is C22H30N4O4. The molecule has 2 saturated heterocycles. The highest BCUT2D eigenvalue weighted by Gasteiger charge is 2.38. The lowest BCUT2D eigenvalue weighted by atomic mass is 9.98. The Labute approximate surface area is 175 Å². The molecule has 2 unspecified atom stereocenters. The van der Waals surface area contributed by atoms with Gasteiger partial charge in [0.25, 0.3) is 6.01 Å². The van der Waals surface area contributed by atoms with Gasteiger partial charge in [-0.15, -0.1) is 0 Å². The SMILES string of the molecule is Cc1c(N(C(=O)O)C(C)(C)C)ccc2nc(NC3CC4CCC(C3)N4C)oc(=O)c12. The Hall–Kier alpha value is -2.61. The van der Waals surface area contributed by atoms with E-state index in [1.807, 2.05) is 20.8 Å². The Bertz CT molecular complexity index is 1030. The highest BCUT2D eigenvalue weighted by molar-refractivity contribution is 5.94. The van der Waals surface area contributed by atoms with Crippen molar-refractivity contribution in [3.63, 3.8) is 0 Å². The maximum Gasteiger partial charge on any atom is 0.412 e. The number of carboxylic acid groups (broad SMARTS) is 1. The first-order chi connectivity index (χ1) is 14.1. The van der Waals surface area contributed by atoms with E-state index in [-0.39, 0.29) is 12.1 Å². The Kier molecular flexibility index (Phi) is 5.00. The van der Waals surface area contributed by atoms with Crippen LogP contribution >= 0.6 is 0 Å². The summed E-state index contributed by atoms with van der Waals surface area (Å²) in [4.78, 5) is 33.0. The Morgan fingerprint density at radius 2 is 1.90 bits per heavy atom. The molecule has 1 aromatic heterocycles. The third-order valence-electron chi connectivity index (χ3n) is 6.56. The van der Waals surface area contributed by atoms with Crippen molar-refractivity contribution in [1.29, 1.82) is 0 Å². The molecule has 8 heteroatoms. The summed E-state index contributed by atoms with van der Waals surface area (Å²) in [5, 5.41) is 13.4. The van der Waals surface area contributed by atoms with Gasteiger partial charge in [0.05, 0.1) is 16.6 Å². The van der Waals surface area contributed by atoms with Crippen molar-refractivity contribution in [1.82, 2.24) is 9.88 Å². The van der Waals surface area contributed by atoms with Gasteiger partial charge < -0.3 is 19.7 Å². The third-order valence-corrected chi connectivity index (χ3v) is 6.56. The van der Waals surface area contributed by atoms with Gasteiger partial charge in [0.2, 0.25) is 0 Å². The number of hydrogen-bond acceptors (Lipinski definition) is 6. The van der Waals surface area contributed by atoms with Crippen LogP contribution in [0.3, 0.4) is 0 Å². The van der Waals surface area contributed by atoms with E-state index in [0.717, 1.165) is 12.8 Å². The fourth-order valence-corrected chi connectivity index (χ4v) is 5.07. The van der Waals surface area contributed by atoms with Gasteiger partial charge in [0.15, 0.2) is 0 Å². The number of fused-ring (bicyclic) bond motifs is 3. The van der Waals surface area contributed by atoms with Gasteiger partial charge in [0, 0.05) is 23.7 Å². The summed E-state index contributed by atoms with van der Waals surface area (Å²) in [6.45, 7) is 7.17. The second kappa shape index (κ2) is 7.27. The van der Waals surface area contributed by atoms with Gasteiger partial charge in [-0.05, 0) is 78.1 Å². The van der Waals surface area contributed by atoms with Crippen molar-refractivity contribution >= 4 is 28.7 Å². The van der Waals surface area contributed by atoms with Crippen molar-refractivity contribution in [2.45, 2.75) is 77.0 Å². The average Bonchev–Trinajstić information content (AvgIpc) is 2.84. The first kappa shape index (κ1) is 20.7. The maximum atomic E-state index is 12.8. The molecule has 0 spiro atoms. The second-order valence-corrected chi connectivity index (χ2v) is 9.56. The normalized spacial score (nSPS) is 24.2. The zero-order chi connectivity index (χ0) is 21.8. The molecule has 1 aromatic carbocycles. The largest absolute Gasteiger partial charge is 0.465 e. The summed E-state index contributed by atoms with van der Waals surface area (Å²) in [5.74, 6) is 0. The lowest BCUT2D eigenvalue weighted by Crippen LogP contribution is -2.45. The van der Waals surface area contributed by atoms with E-state index in [9.17, 15) is 14.7 Å². The molecule has 2 bridgehead atoms. The van der Waals surface area contributed by atoms with Crippen LogP contribution in [0.2, 0.25) is 0 Å². The number of nitrogens with one attached hydrogen (secondary N) is 1. The van der Waals surface area contributed by atoms with E-state index >= 15 is 0 Å². The van der Waals surface area contributed by atoms with Gasteiger partial charge >= 0.3 is 11.7 Å². The predicted octanol–water partition coefficient (Wildman–Crippen LogP) is 3.82. The minimum Gasteiger partial charge on any atom is -0.465 e. The first-order valence-corrected chi connectivity index (χ1v) is 10.5. The van der Waals surface area contributed by atoms with Gasteiger partial charge in [-0.2, -0.15) is 4.98 Å². The number of hydrogen-bond donors (Lipinski definition) is 2. The number of amides is 1. The minimum atomic E-state index is -1.07. The van der Waals surface area contributed by atoms with Gasteiger partial charge in [-0.1, -0.05) is 0 Å². The molecule has 4 rings (SSSR count). The molecule has 30 heavy (non-hydrogen) atoms. The second-order valence-electron chi connectivity index (χ2n) is 9.56. The molecule has 8 nitrogen and oxygen atoms in total. The molecule has 2 atom stereocenters. The van der Waals surface area contributed by atoms with E-state index in [1.54, 1.807) is 19.1 Å². The number of aryl methyl sites for hydroxylation is 1. The lowest BCUT2D eigenvalue weighted by Gasteiger charge is -2.36. The zero-order valence-electron chi connectivity index (χ0n) is 18.2. The average molecular weight is 415 g/mol. The zero-order valence-corrected chi connectivity index (χ0v) is 18.2. The number of benzene rings is 1. The minimum absolute atomic E-state index is 0.232. The van der Waals surface area contributed by atoms with E-state index < -0.39 is 17.3 Å². The fourth-order valence-electron chi connectivity index (χ4n) is 5.07. The van der Waals surface area contributed by atoms with Crippen molar-refractivity contribution in [2.75, 3.05) is 17.3 Å². The van der Waals surface area contributed by atoms with Crippen LogP contribution < -0.4 is 15.8 Å². The number of nitrogens with zero attached hydrogens (tertiary/aromatic N) is 3. The molecule has 2 N–H and O–H groups in total. The Morgan fingerprint density at radius 3 is 2.47 bits per heavy atom. The summed E-state index contributed by atoms with van der Waals surface area (Å²) in [6, 6.07) is 5.01. The van der Waals surface area contributed by atoms with Gasteiger partial charge in [0.1, 0.15) is 0 Å². The standard InChI is InChI=1S/C22H30N4O4/c1-12-17(26(21(28)29)22(2,3)4)9-8-16-18(12)19(27)30-20(24-16)23-13-10-14-6-7-15(11-13)25(14)5/h8-9,13-15H,6-7,10-11H2,1-5H3,(H,23,24)(H,28,29).